The quantitative estimate of drug-likeness (QED) is 0.818. The Morgan fingerprint density at radius 2 is 1.67 bits per heavy atom. The van der Waals surface area contributed by atoms with Crippen LogP contribution in [0.3, 0.4) is 0 Å². The van der Waals surface area contributed by atoms with E-state index in [1.165, 1.54) is 32.1 Å². The minimum atomic E-state index is -4.30. The summed E-state index contributed by atoms with van der Waals surface area (Å²) in [5, 5.41) is 19.5. The Balaban J connectivity index is 2.15. The predicted molar refractivity (Wildman–Crippen MR) is 75.2 cm³/mol. The number of rotatable bonds is 4. The molecule has 0 heterocycles. The highest BCUT2D eigenvalue weighted by Gasteiger charge is 2.41. The Bertz CT molecular complexity index is 671. The summed E-state index contributed by atoms with van der Waals surface area (Å²) in [4.78, 5) is 0. The molecule has 0 bridgehead atoms. The lowest BCUT2D eigenvalue weighted by atomic mass is 9.80. The van der Waals surface area contributed by atoms with Gasteiger partial charge in [0, 0.05) is 5.41 Å². The third kappa shape index (κ3) is 3.63. The molecule has 0 unspecified atom stereocenters. The molecular formula is C14H16O6S. The molecule has 2 rings (SSSR count). The Morgan fingerprint density at radius 3 is 2.24 bits per heavy atom. The fourth-order valence-electron chi connectivity index (χ4n) is 1.70. The minimum Gasteiger partial charge on any atom is -0.362 e. The fraction of sp³-hybridized carbons (Fsp3) is 0.286. The molecule has 0 radical (unpaired) electrons. The monoisotopic (exact) mass is 312 g/mol. The lowest BCUT2D eigenvalue weighted by molar-refractivity contribution is -0.179. The van der Waals surface area contributed by atoms with Crippen LogP contribution in [0.15, 0.2) is 54.3 Å². The second-order valence-electron chi connectivity index (χ2n) is 5.22. The molecule has 0 spiro atoms. The van der Waals surface area contributed by atoms with Gasteiger partial charge in [-0.3, -0.25) is 0 Å². The van der Waals surface area contributed by atoms with Crippen LogP contribution < -0.4 is 4.18 Å². The van der Waals surface area contributed by atoms with Gasteiger partial charge in [0.15, 0.2) is 5.79 Å². The van der Waals surface area contributed by atoms with E-state index in [1.807, 2.05) is 0 Å². The van der Waals surface area contributed by atoms with E-state index in [1.54, 1.807) is 18.2 Å². The van der Waals surface area contributed by atoms with Crippen molar-refractivity contribution in [3.8, 4) is 5.75 Å². The van der Waals surface area contributed by atoms with Gasteiger partial charge in [0.2, 0.25) is 0 Å². The highest BCUT2D eigenvalue weighted by atomic mass is 32.3. The molecule has 6 nitrogen and oxygen atoms in total. The van der Waals surface area contributed by atoms with Gasteiger partial charge in [-0.25, -0.2) is 0 Å². The van der Waals surface area contributed by atoms with Gasteiger partial charge in [-0.15, -0.1) is 8.42 Å². The van der Waals surface area contributed by atoms with Crippen LogP contribution in [0.1, 0.15) is 13.8 Å². The van der Waals surface area contributed by atoms with E-state index in [0.717, 1.165) is 12.2 Å². The first-order valence-corrected chi connectivity index (χ1v) is 7.50. The zero-order chi connectivity index (χ0) is 15.7. The van der Waals surface area contributed by atoms with E-state index >= 15 is 0 Å². The van der Waals surface area contributed by atoms with Crippen molar-refractivity contribution in [1.82, 2.24) is 0 Å². The smallest absolute Gasteiger partial charge is 0.362 e. The van der Waals surface area contributed by atoms with E-state index in [9.17, 15) is 18.6 Å². The molecule has 0 aromatic heterocycles. The number of aliphatic hydroxyl groups is 2. The van der Waals surface area contributed by atoms with E-state index in [2.05, 4.69) is 0 Å². The molecule has 0 saturated heterocycles. The van der Waals surface area contributed by atoms with Crippen LogP contribution in [0.25, 0.3) is 0 Å². The molecule has 0 amide bonds. The molecule has 0 aliphatic heterocycles. The van der Waals surface area contributed by atoms with Crippen LogP contribution in [0.5, 0.6) is 5.75 Å². The number of allylic oxidation sites excluding steroid dienone is 1. The van der Waals surface area contributed by atoms with Gasteiger partial charge in [-0.05, 0) is 30.4 Å². The largest absolute Gasteiger partial charge is 0.500 e. The topological polar surface area (TPSA) is 93.1 Å². The second-order valence-corrected chi connectivity index (χ2v) is 6.37. The summed E-state index contributed by atoms with van der Waals surface area (Å²) in [5.41, 5.74) is -1.11. The molecule has 21 heavy (non-hydrogen) atoms. The van der Waals surface area contributed by atoms with E-state index in [4.69, 9.17) is 8.37 Å². The zero-order valence-corrected chi connectivity index (χ0v) is 12.4. The zero-order valence-electron chi connectivity index (χ0n) is 11.6. The van der Waals surface area contributed by atoms with Crippen LogP contribution in [0.4, 0.5) is 0 Å². The van der Waals surface area contributed by atoms with Crippen molar-refractivity contribution in [2.24, 2.45) is 5.41 Å². The van der Waals surface area contributed by atoms with Crippen molar-refractivity contribution < 1.29 is 27.0 Å². The Morgan fingerprint density at radius 1 is 1.05 bits per heavy atom. The van der Waals surface area contributed by atoms with Crippen LogP contribution >= 0.6 is 0 Å². The molecule has 0 fully saturated rings. The van der Waals surface area contributed by atoms with Gasteiger partial charge in [-0.1, -0.05) is 32.0 Å². The van der Waals surface area contributed by atoms with Gasteiger partial charge < -0.3 is 18.6 Å². The van der Waals surface area contributed by atoms with Gasteiger partial charge in [-0.2, -0.15) is 0 Å². The summed E-state index contributed by atoms with van der Waals surface area (Å²) in [6, 6.07) is 7.92. The predicted octanol–water partition coefficient (Wildman–Crippen LogP) is 1.49. The van der Waals surface area contributed by atoms with E-state index in [0.29, 0.717) is 0 Å². The average molecular weight is 312 g/mol. The van der Waals surface area contributed by atoms with Crippen LogP contribution in [-0.4, -0.2) is 24.4 Å². The van der Waals surface area contributed by atoms with Crippen molar-refractivity contribution in [3.63, 3.8) is 0 Å². The van der Waals surface area contributed by atoms with Crippen molar-refractivity contribution >= 4 is 10.4 Å². The van der Waals surface area contributed by atoms with Gasteiger partial charge in [0.25, 0.3) is 0 Å². The summed E-state index contributed by atoms with van der Waals surface area (Å²) in [6.07, 6.45) is 3.52. The summed E-state index contributed by atoms with van der Waals surface area (Å²) in [5.74, 6) is -2.00. The lowest BCUT2D eigenvalue weighted by Gasteiger charge is -2.36. The number of hydrogen-bond donors (Lipinski definition) is 2. The van der Waals surface area contributed by atoms with Crippen molar-refractivity contribution in [1.29, 1.82) is 0 Å². The molecule has 7 heteroatoms. The Kier molecular flexibility index (Phi) is 3.83. The molecular weight excluding hydrogens is 296 g/mol. The molecule has 0 saturated carbocycles. The van der Waals surface area contributed by atoms with Crippen LogP contribution in [0, 0.1) is 5.41 Å². The van der Waals surface area contributed by atoms with Gasteiger partial charge in [0.05, 0.1) is 0 Å². The summed E-state index contributed by atoms with van der Waals surface area (Å²) in [6.45, 7) is 3.06. The molecule has 1 aromatic rings. The molecule has 0 atom stereocenters. The first-order valence-electron chi connectivity index (χ1n) is 6.17. The van der Waals surface area contributed by atoms with Crippen molar-refractivity contribution in [3.05, 3.63) is 54.3 Å². The molecule has 1 aliphatic rings. The molecule has 2 N–H and O–H groups in total. The third-order valence-corrected chi connectivity index (χ3v) is 3.86. The number of hydrogen-bond acceptors (Lipinski definition) is 6. The van der Waals surface area contributed by atoms with Gasteiger partial charge in [0.1, 0.15) is 11.5 Å². The summed E-state index contributed by atoms with van der Waals surface area (Å²) < 4.78 is 33.2. The SMILES string of the molecule is CC1(C)C=C(OS(=O)(=O)Oc2ccccc2)C=CC1(O)O. The molecule has 1 aromatic carbocycles. The second kappa shape index (κ2) is 5.18. The first-order chi connectivity index (χ1) is 9.61. The Hall–Kier alpha value is -1.83. The van der Waals surface area contributed by atoms with Crippen LogP contribution in [-0.2, 0) is 14.6 Å². The number of benzene rings is 1. The van der Waals surface area contributed by atoms with Gasteiger partial charge >= 0.3 is 10.4 Å². The maximum absolute atomic E-state index is 11.8. The molecule has 1 aliphatic carbocycles. The fourth-order valence-corrected chi connectivity index (χ4v) is 2.42. The first kappa shape index (κ1) is 15.6. The van der Waals surface area contributed by atoms with Crippen LogP contribution in [0.2, 0.25) is 0 Å². The minimum absolute atomic E-state index is 0.0466. The lowest BCUT2D eigenvalue weighted by Crippen LogP contribution is -2.43. The number of para-hydroxylation sites is 1. The summed E-state index contributed by atoms with van der Waals surface area (Å²) in [7, 11) is -4.30. The summed E-state index contributed by atoms with van der Waals surface area (Å²) >= 11 is 0. The highest BCUT2D eigenvalue weighted by Crippen LogP contribution is 2.37. The standard InChI is InChI=1S/C14H16O6S/c1-13(2)10-12(8-9-14(13,15)16)20-21(17,18)19-11-6-4-3-5-7-11/h3-10,15-16H,1-2H3. The van der Waals surface area contributed by atoms with Crippen molar-refractivity contribution in [2.45, 2.75) is 19.6 Å². The maximum atomic E-state index is 11.8. The normalized spacial score (nSPS) is 19.7. The van der Waals surface area contributed by atoms with E-state index in [-0.39, 0.29) is 11.5 Å². The van der Waals surface area contributed by atoms with Crippen molar-refractivity contribution in [2.75, 3.05) is 0 Å². The maximum Gasteiger partial charge on any atom is 0.500 e. The average Bonchev–Trinajstić information content (AvgIpc) is 2.34. The molecule has 114 valence electrons. The third-order valence-electron chi connectivity index (χ3n) is 3.07. The van der Waals surface area contributed by atoms with E-state index < -0.39 is 21.6 Å². The Labute approximate surface area is 123 Å². The highest BCUT2D eigenvalue weighted by molar-refractivity contribution is 7.82.